The molecule has 3 aromatic rings. The molecule has 7 rings (SSSR count). The Morgan fingerprint density at radius 2 is 1.27 bits per heavy atom. The number of carbonyl (C=O) groups is 5. The number of hydrogen-bond donors (Lipinski definition) is 1. The first-order valence-electron chi connectivity index (χ1n) is 12.7. The molecule has 2 bridgehead atoms. The van der Waals surface area contributed by atoms with Gasteiger partial charge in [0.15, 0.2) is 12.4 Å². The molecule has 3 aliphatic carbocycles. The van der Waals surface area contributed by atoms with Crippen molar-refractivity contribution in [1.29, 1.82) is 0 Å². The fraction of sp³-hybridized carbons (Fsp3) is 0.233. The number of imide groups is 1. The molecule has 0 radical (unpaired) electrons. The SMILES string of the molecule is NC(=O)C[C@H](C(=O)OCC(=O)c1ccc(F)cc1)N1C(=O)[C@@H]2[C@@H](C1=O)C1(Cl)c3ccccc3C2(Cl)c2ccccc21. The molecule has 0 saturated carbocycles. The number of hydrogen-bond acceptors (Lipinski definition) is 6. The maximum Gasteiger partial charge on any atom is 0.330 e. The van der Waals surface area contributed by atoms with Crippen molar-refractivity contribution < 1.29 is 33.1 Å². The molecule has 4 aliphatic rings. The minimum absolute atomic E-state index is 0.0743. The second-order valence-electron chi connectivity index (χ2n) is 10.2. The molecule has 3 aromatic carbocycles. The van der Waals surface area contributed by atoms with E-state index >= 15 is 0 Å². The summed E-state index contributed by atoms with van der Waals surface area (Å²) in [7, 11) is 0. The van der Waals surface area contributed by atoms with Gasteiger partial charge >= 0.3 is 5.97 Å². The third-order valence-electron chi connectivity index (χ3n) is 8.11. The molecule has 2 N–H and O–H groups in total. The molecule has 1 heterocycles. The minimum Gasteiger partial charge on any atom is -0.456 e. The number of ketones is 1. The Morgan fingerprint density at radius 1 is 0.829 bits per heavy atom. The van der Waals surface area contributed by atoms with Crippen LogP contribution in [0.2, 0.25) is 0 Å². The van der Waals surface area contributed by atoms with Gasteiger partial charge in [-0.05, 0) is 46.5 Å². The summed E-state index contributed by atoms with van der Waals surface area (Å²) in [6.45, 7) is -0.779. The van der Waals surface area contributed by atoms with Gasteiger partial charge in [-0.25, -0.2) is 9.18 Å². The van der Waals surface area contributed by atoms with Crippen LogP contribution in [0.15, 0.2) is 72.8 Å². The number of primary amides is 1. The quantitative estimate of drug-likeness (QED) is 0.193. The number of alkyl halides is 2. The van der Waals surface area contributed by atoms with E-state index in [1.54, 1.807) is 48.5 Å². The highest BCUT2D eigenvalue weighted by atomic mass is 35.5. The zero-order chi connectivity index (χ0) is 29.3. The fourth-order valence-corrected chi connectivity index (χ4v) is 7.52. The van der Waals surface area contributed by atoms with Gasteiger partial charge in [0.05, 0.1) is 18.3 Å². The number of rotatable bonds is 7. The van der Waals surface area contributed by atoms with E-state index in [4.69, 9.17) is 33.7 Å². The lowest BCUT2D eigenvalue weighted by molar-refractivity contribution is -0.159. The molecule has 1 fully saturated rings. The smallest absolute Gasteiger partial charge is 0.330 e. The highest BCUT2D eigenvalue weighted by Gasteiger charge is 2.73. The van der Waals surface area contributed by atoms with Gasteiger partial charge in [0.2, 0.25) is 17.7 Å². The molecule has 8 nitrogen and oxygen atoms in total. The number of carbonyl (C=O) groups excluding carboxylic acids is 5. The van der Waals surface area contributed by atoms with E-state index < -0.39 is 75.9 Å². The van der Waals surface area contributed by atoms with Crippen molar-refractivity contribution in [3.05, 3.63) is 106 Å². The first-order valence-corrected chi connectivity index (χ1v) is 13.4. The highest BCUT2D eigenvalue weighted by molar-refractivity contribution is 6.36. The van der Waals surface area contributed by atoms with E-state index in [0.29, 0.717) is 27.2 Å². The summed E-state index contributed by atoms with van der Waals surface area (Å²) < 4.78 is 18.4. The Bertz CT molecular complexity index is 1540. The number of likely N-dealkylation sites (tertiary alicyclic amines) is 1. The number of amides is 3. The Morgan fingerprint density at radius 3 is 1.68 bits per heavy atom. The third-order valence-corrected chi connectivity index (χ3v) is 9.39. The van der Waals surface area contributed by atoms with Gasteiger partial charge in [-0.3, -0.25) is 24.1 Å². The van der Waals surface area contributed by atoms with Gasteiger partial charge in [-0.2, -0.15) is 0 Å². The van der Waals surface area contributed by atoms with Gasteiger partial charge in [0, 0.05) is 5.56 Å². The topological polar surface area (TPSA) is 124 Å². The van der Waals surface area contributed by atoms with Crippen LogP contribution in [0.4, 0.5) is 4.39 Å². The van der Waals surface area contributed by atoms with Crippen LogP contribution < -0.4 is 5.73 Å². The normalized spacial score (nSPS) is 26.2. The van der Waals surface area contributed by atoms with E-state index in [1.807, 2.05) is 0 Å². The van der Waals surface area contributed by atoms with Gasteiger partial charge in [-0.15, -0.1) is 23.2 Å². The summed E-state index contributed by atoms with van der Waals surface area (Å²) in [5, 5.41) is 0. The van der Waals surface area contributed by atoms with Crippen molar-refractivity contribution in [2.45, 2.75) is 22.2 Å². The number of nitrogens with zero attached hydrogens (tertiary/aromatic N) is 1. The molecule has 1 aliphatic heterocycles. The molecular weight excluding hydrogens is 574 g/mol. The minimum atomic E-state index is -1.76. The highest BCUT2D eigenvalue weighted by Crippen LogP contribution is 2.69. The van der Waals surface area contributed by atoms with Crippen LogP contribution in [0.3, 0.4) is 0 Å². The van der Waals surface area contributed by atoms with Crippen molar-refractivity contribution in [1.82, 2.24) is 4.90 Å². The van der Waals surface area contributed by atoms with Crippen LogP contribution in [-0.4, -0.2) is 47.0 Å². The summed E-state index contributed by atoms with van der Waals surface area (Å²) in [6, 6.07) is 16.9. The van der Waals surface area contributed by atoms with Crippen LogP contribution in [-0.2, 0) is 33.7 Å². The Labute approximate surface area is 243 Å². The lowest BCUT2D eigenvalue weighted by atomic mass is 9.54. The molecule has 11 heteroatoms. The third kappa shape index (κ3) is 3.75. The number of esters is 1. The number of halogens is 3. The van der Waals surface area contributed by atoms with E-state index in [-0.39, 0.29) is 5.56 Å². The van der Waals surface area contributed by atoms with Crippen molar-refractivity contribution in [3.8, 4) is 0 Å². The number of nitrogens with two attached hydrogens (primary N) is 1. The van der Waals surface area contributed by atoms with Crippen LogP contribution in [0.5, 0.6) is 0 Å². The van der Waals surface area contributed by atoms with Crippen LogP contribution in [0.1, 0.15) is 39.0 Å². The second-order valence-corrected chi connectivity index (χ2v) is 11.4. The first-order chi connectivity index (χ1) is 19.5. The zero-order valence-electron chi connectivity index (χ0n) is 21.2. The van der Waals surface area contributed by atoms with E-state index in [9.17, 15) is 28.4 Å². The monoisotopic (exact) mass is 594 g/mol. The summed E-state index contributed by atoms with van der Waals surface area (Å²) in [5.74, 6) is -7.41. The predicted molar refractivity (Wildman–Crippen MR) is 144 cm³/mol. The van der Waals surface area contributed by atoms with Crippen LogP contribution in [0.25, 0.3) is 0 Å². The summed E-state index contributed by atoms with van der Waals surface area (Å²) in [5.41, 5.74) is 7.75. The summed E-state index contributed by atoms with van der Waals surface area (Å²) in [4.78, 5) is 63.7. The lowest BCUT2D eigenvalue weighted by Gasteiger charge is -2.54. The number of ether oxygens (including phenoxy) is 1. The zero-order valence-corrected chi connectivity index (χ0v) is 22.7. The van der Waals surface area contributed by atoms with Crippen molar-refractivity contribution in [2.24, 2.45) is 17.6 Å². The molecule has 0 spiro atoms. The molecule has 3 amide bonds. The van der Waals surface area contributed by atoms with Gasteiger partial charge in [0.1, 0.15) is 21.6 Å². The van der Waals surface area contributed by atoms with Crippen molar-refractivity contribution >= 4 is 52.7 Å². The molecule has 0 aromatic heterocycles. The van der Waals surface area contributed by atoms with Gasteiger partial charge in [0.25, 0.3) is 0 Å². The standard InChI is InChI=1S/C30H21Cl2FN2O6/c31-29-17-5-1-2-6-18(17)30(32,20-8-4-3-7-19(20)29)25-24(29)26(38)35(27(25)39)21(13-23(34)37)28(40)41-14-22(36)15-9-11-16(33)12-10-15/h1-12,21,24-25H,13-14H2,(H2,34,37)/t21-,24+,25+,29?,30?/m1/s1. The molecule has 41 heavy (non-hydrogen) atoms. The van der Waals surface area contributed by atoms with Crippen LogP contribution in [0, 0.1) is 17.7 Å². The first kappa shape index (κ1) is 27.1. The summed E-state index contributed by atoms with van der Waals surface area (Å²) >= 11 is 14.8. The van der Waals surface area contributed by atoms with Crippen molar-refractivity contribution in [3.63, 3.8) is 0 Å². The van der Waals surface area contributed by atoms with E-state index in [1.165, 1.54) is 12.1 Å². The average Bonchev–Trinajstić information content (AvgIpc) is 3.24. The molecule has 1 saturated heterocycles. The largest absolute Gasteiger partial charge is 0.456 e. The molecular formula is C30H21Cl2FN2O6. The van der Waals surface area contributed by atoms with E-state index in [0.717, 1.165) is 12.1 Å². The summed E-state index contributed by atoms with van der Waals surface area (Å²) in [6.07, 6.45) is -0.745. The Kier molecular flexibility index (Phi) is 6.28. The average molecular weight is 595 g/mol. The molecule has 208 valence electrons. The van der Waals surface area contributed by atoms with Gasteiger partial charge in [-0.1, -0.05) is 48.5 Å². The predicted octanol–water partition coefficient (Wildman–Crippen LogP) is 3.39. The lowest BCUT2D eigenvalue weighted by Crippen LogP contribution is -2.57. The number of benzene rings is 3. The second kappa shape index (κ2) is 9.49. The Balaban J connectivity index is 1.38. The maximum atomic E-state index is 14.1. The molecule has 0 unspecified atom stereocenters. The molecule has 3 atom stereocenters. The van der Waals surface area contributed by atoms with Crippen LogP contribution >= 0.6 is 23.2 Å². The van der Waals surface area contributed by atoms with Crippen molar-refractivity contribution in [2.75, 3.05) is 6.61 Å². The van der Waals surface area contributed by atoms with Gasteiger partial charge < -0.3 is 10.5 Å². The fourth-order valence-electron chi connectivity index (χ4n) is 6.42. The van der Waals surface area contributed by atoms with E-state index in [2.05, 4.69) is 0 Å². The Hall–Kier alpha value is -4.08. The maximum absolute atomic E-state index is 14.1. The number of Topliss-reactive ketones (excluding diaryl/α,β-unsaturated/α-hetero) is 1.